The Bertz CT molecular complexity index is 617. The van der Waals surface area contributed by atoms with E-state index < -0.39 is 33.3 Å². The summed E-state index contributed by atoms with van der Waals surface area (Å²) in [6.07, 6.45) is 0. The van der Waals surface area contributed by atoms with Crippen LogP contribution in [0.3, 0.4) is 0 Å². The maximum absolute atomic E-state index is 13.6. The van der Waals surface area contributed by atoms with Crippen LogP contribution in [0.4, 0.5) is 8.78 Å². The molecule has 1 aliphatic heterocycles. The number of ketones is 1. The highest BCUT2D eigenvalue weighted by Gasteiger charge is 2.29. The Kier molecular flexibility index (Phi) is 4.19. The molecule has 0 radical (unpaired) electrons. The molecule has 0 aliphatic carbocycles. The molecule has 1 saturated heterocycles. The zero-order valence-corrected chi connectivity index (χ0v) is 11.8. The summed E-state index contributed by atoms with van der Waals surface area (Å²) >= 11 is 0. The van der Waals surface area contributed by atoms with E-state index in [1.54, 1.807) is 11.8 Å². The molecule has 1 aromatic carbocycles. The van der Waals surface area contributed by atoms with Crippen LogP contribution in [0.15, 0.2) is 18.2 Å². The quantitative estimate of drug-likeness (QED) is 0.789. The number of Topliss-reactive ketones (excluding diaryl/α,β-unsaturated/α-hetero) is 1. The summed E-state index contributed by atoms with van der Waals surface area (Å²) in [5.74, 6) is -2.11. The second kappa shape index (κ2) is 5.57. The molecule has 1 atom stereocenters. The van der Waals surface area contributed by atoms with E-state index in [9.17, 15) is 22.0 Å². The van der Waals surface area contributed by atoms with Crippen molar-refractivity contribution in [3.05, 3.63) is 35.4 Å². The Morgan fingerprint density at radius 2 is 1.85 bits per heavy atom. The van der Waals surface area contributed by atoms with Gasteiger partial charge in [0.25, 0.3) is 0 Å². The van der Waals surface area contributed by atoms with E-state index in [1.165, 1.54) is 0 Å². The monoisotopic (exact) mass is 303 g/mol. The molecule has 0 saturated carbocycles. The van der Waals surface area contributed by atoms with Gasteiger partial charge >= 0.3 is 0 Å². The van der Waals surface area contributed by atoms with Gasteiger partial charge in [0.2, 0.25) is 0 Å². The molecule has 0 N–H and O–H groups in total. The first-order chi connectivity index (χ1) is 9.30. The van der Waals surface area contributed by atoms with Crippen molar-refractivity contribution in [2.24, 2.45) is 0 Å². The highest BCUT2D eigenvalue weighted by Crippen LogP contribution is 2.16. The molecule has 0 aromatic heterocycles. The third-order valence-electron chi connectivity index (χ3n) is 3.50. The lowest BCUT2D eigenvalue weighted by Gasteiger charge is -2.31. The molecule has 1 heterocycles. The molecular formula is C13H15F2NO3S. The molecule has 4 nitrogen and oxygen atoms in total. The Morgan fingerprint density at radius 3 is 2.40 bits per heavy atom. The second-order valence-corrected chi connectivity index (χ2v) is 7.16. The molecular weight excluding hydrogens is 288 g/mol. The van der Waals surface area contributed by atoms with Gasteiger partial charge in [0, 0.05) is 19.2 Å². The second-order valence-electron chi connectivity index (χ2n) is 4.85. The first-order valence-corrected chi connectivity index (χ1v) is 8.06. The molecule has 0 bridgehead atoms. The standard InChI is InChI=1S/C13H15F2NO3S/c1-9(16-4-6-20(18,19)7-5-16)13(17)11-3-2-10(14)8-12(11)15/h2-3,8-9H,4-7H2,1H3. The van der Waals surface area contributed by atoms with Gasteiger partial charge in [-0.25, -0.2) is 17.2 Å². The van der Waals surface area contributed by atoms with Crippen molar-refractivity contribution in [3.8, 4) is 0 Å². The Labute approximate surface area is 116 Å². The van der Waals surface area contributed by atoms with Crippen molar-refractivity contribution in [3.63, 3.8) is 0 Å². The fourth-order valence-electron chi connectivity index (χ4n) is 2.19. The van der Waals surface area contributed by atoms with Gasteiger partial charge < -0.3 is 0 Å². The molecule has 7 heteroatoms. The summed E-state index contributed by atoms with van der Waals surface area (Å²) in [6, 6.07) is 2.18. The number of nitrogens with zero attached hydrogens (tertiary/aromatic N) is 1. The molecule has 1 aliphatic rings. The van der Waals surface area contributed by atoms with Crippen LogP contribution in [0.5, 0.6) is 0 Å². The fraction of sp³-hybridized carbons (Fsp3) is 0.462. The van der Waals surface area contributed by atoms with E-state index in [1.807, 2.05) is 0 Å². The zero-order valence-electron chi connectivity index (χ0n) is 11.0. The van der Waals surface area contributed by atoms with Gasteiger partial charge in [-0.2, -0.15) is 0 Å². The maximum Gasteiger partial charge on any atom is 0.182 e. The molecule has 0 spiro atoms. The smallest absolute Gasteiger partial charge is 0.182 e. The van der Waals surface area contributed by atoms with E-state index in [0.717, 1.165) is 12.1 Å². The van der Waals surface area contributed by atoms with Gasteiger partial charge in [0.1, 0.15) is 11.6 Å². The minimum Gasteiger partial charge on any atom is -0.292 e. The summed E-state index contributed by atoms with van der Waals surface area (Å²) in [4.78, 5) is 13.9. The average Bonchev–Trinajstić information content (AvgIpc) is 2.37. The molecule has 1 unspecified atom stereocenters. The highest BCUT2D eigenvalue weighted by molar-refractivity contribution is 7.91. The number of hydrogen-bond donors (Lipinski definition) is 0. The topological polar surface area (TPSA) is 54.5 Å². The van der Waals surface area contributed by atoms with Crippen molar-refractivity contribution < 1.29 is 22.0 Å². The van der Waals surface area contributed by atoms with Crippen LogP contribution in [-0.2, 0) is 9.84 Å². The van der Waals surface area contributed by atoms with Gasteiger partial charge in [-0.1, -0.05) is 0 Å². The van der Waals surface area contributed by atoms with E-state index >= 15 is 0 Å². The van der Waals surface area contributed by atoms with Gasteiger partial charge in [-0.15, -0.1) is 0 Å². The number of sulfone groups is 1. The van der Waals surface area contributed by atoms with E-state index in [-0.39, 0.29) is 30.2 Å². The van der Waals surface area contributed by atoms with Crippen molar-refractivity contribution >= 4 is 15.6 Å². The van der Waals surface area contributed by atoms with E-state index in [0.29, 0.717) is 6.07 Å². The number of halogens is 2. The lowest BCUT2D eigenvalue weighted by molar-refractivity contribution is 0.0844. The molecule has 1 aromatic rings. The van der Waals surface area contributed by atoms with Gasteiger partial charge in [-0.05, 0) is 19.1 Å². The van der Waals surface area contributed by atoms with Crippen molar-refractivity contribution in [1.82, 2.24) is 4.90 Å². The largest absolute Gasteiger partial charge is 0.292 e. The van der Waals surface area contributed by atoms with Crippen molar-refractivity contribution in [2.75, 3.05) is 24.6 Å². The maximum atomic E-state index is 13.6. The average molecular weight is 303 g/mol. The number of carbonyl (C=O) groups excluding carboxylic acids is 1. The van der Waals surface area contributed by atoms with Gasteiger partial charge in [0.05, 0.1) is 23.1 Å². The third kappa shape index (κ3) is 3.21. The van der Waals surface area contributed by atoms with Gasteiger partial charge in [0.15, 0.2) is 15.6 Å². The minimum atomic E-state index is -3.03. The first-order valence-electron chi connectivity index (χ1n) is 6.24. The summed E-state index contributed by atoms with van der Waals surface area (Å²) < 4.78 is 49.1. The van der Waals surface area contributed by atoms with Gasteiger partial charge in [-0.3, -0.25) is 9.69 Å². The molecule has 1 fully saturated rings. The zero-order chi connectivity index (χ0) is 14.9. The molecule has 0 amide bonds. The van der Waals surface area contributed by atoms with Crippen LogP contribution in [0.1, 0.15) is 17.3 Å². The van der Waals surface area contributed by atoms with Crippen LogP contribution < -0.4 is 0 Å². The van der Waals surface area contributed by atoms with E-state index in [2.05, 4.69) is 0 Å². The van der Waals surface area contributed by atoms with E-state index in [4.69, 9.17) is 0 Å². The normalized spacial score (nSPS) is 20.6. The predicted octanol–water partition coefficient (Wildman–Crippen LogP) is 1.27. The van der Waals surface area contributed by atoms with Crippen LogP contribution in [-0.4, -0.2) is 49.7 Å². The van der Waals surface area contributed by atoms with Crippen LogP contribution >= 0.6 is 0 Å². The number of rotatable bonds is 3. The highest BCUT2D eigenvalue weighted by atomic mass is 32.2. The molecule has 20 heavy (non-hydrogen) atoms. The fourth-order valence-corrected chi connectivity index (χ4v) is 3.42. The first kappa shape index (κ1) is 15.1. The van der Waals surface area contributed by atoms with Crippen molar-refractivity contribution in [2.45, 2.75) is 13.0 Å². The summed E-state index contributed by atoms with van der Waals surface area (Å²) in [5, 5.41) is 0. The van der Waals surface area contributed by atoms with Crippen LogP contribution in [0.2, 0.25) is 0 Å². The summed E-state index contributed by atoms with van der Waals surface area (Å²) in [5.41, 5.74) is -0.174. The number of hydrogen-bond acceptors (Lipinski definition) is 4. The summed E-state index contributed by atoms with van der Waals surface area (Å²) in [6.45, 7) is 2.10. The Morgan fingerprint density at radius 1 is 1.25 bits per heavy atom. The molecule has 110 valence electrons. The van der Waals surface area contributed by atoms with Crippen molar-refractivity contribution in [1.29, 1.82) is 0 Å². The number of carbonyl (C=O) groups is 1. The Hall–Kier alpha value is -1.34. The van der Waals surface area contributed by atoms with Crippen LogP contribution in [0.25, 0.3) is 0 Å². The minimum absolute atomic E-state index is 0.00345. The predicted molar refractivity (Wildman–Crippen MR) is 70.4 cm³/mol. The SMILES string of the molecule is CC(C(=O)c1ccc(F)cc1F)N1CCS(=O)(=O)CC1. The third-order valence-corrected chi connectivity index (χ3v) is 5.11. The lowest BCUT2D eigenvalue weighted by Crippen LogP contribution is -2.48. The van der Waals surface area contributed by atoms with Crippen LogP contribution in [0, 0.1) is 11.6 Å². The number of benzene rings is 1. The molecule has 2 rings (SSSR count). The Balaban J connectivity index is 2.13. The lowest BCUT2D eigenvalue weighted by atomic mass is 10.0. The summed E-state index contributed by atoms with van der Waals surface area (Å²) in [7, 11) is -3.03.